The average Bonchev–Trinajstić information content (AvgIpc) is 3.34. The number of piperidine rings is 1. The molecule has 2 saturated heterocycles. The van der Waals surface area contributed by atoms with Gasteiger partial charge in [-0.1, -0.05) is 6.07 Å². The molecule has 3 aliphatic rings. The van der Waals surface area contributed by atoms with Crippen LogP contribution >= 0.6 is 0 Å². The number of benzene rings is 1. The summed E-state index contributed by atoms with van der Waals surface area (Å²) in [5.41, 5.74) is -0.757. The Morgan fingerprint density at radius 3 is 2.62 bits per heavy atom. The monoisotopic (exact) mass is 403 g/mol. The number of imide groups is 1. The molecular formula is C19H21N3O7. The molecule has 154 valence electrons. The van der Waals surface area contributed by atoms with Crippen LogP contribution in [0.4, 0.5) is 5.69 Å². The first-order valence-electron chi connectivity index (χ1n) is 9.60. The first kappa shape index (κ1) is 19.5. The number of likely N-dealkylation sites (tertiary alicyclic amines) is 1. The van der Waals surface area contributed by atoms with Gasteiger partial charge in [0.1, 0.15) is 11.6 Å². The van der Waals surface area contributed by atoms with Crippen LogP contribution < -0.4 is 0 Å². The molecule has 2 fully saturated rings. The summed E-state index contributed by atoms with van der Waals surface area (Å²) in [6.45, 7) is 2.86. The van der Waals surface area contributed by atoms with Gasteiger partial charge in [-0.15, -0.1) is 0 Å². The molecule has 3 amide bonds. The number of fused-ring (bicyclic) bond motifs is 1. The van der Waals surface area contributed by atoms with E-state index in [0.717, 1.165) is 17.7 Å². The zero-order valence-electron chi connectivity index (χ0n) is 15.9. The van der Waals surface area contributed by atoms with Crippen molar-refractivity contribution in [3.8, 4) is 0 Å². The van der Waals surface area contributed by atoms with Crippen molar-refractivity contribution in [1.29, 1.82) is 0 Å². The lowest BCUT2D eigenvalue weighted by molar-refractivity contribution is -0.385. The SMILES string of the molecule is CC(C(=O)N1CCCCC1C1OCCO1)N1C(=O)c2cccc([N+](=O)[O-])c2C1=O. The van der Waals surface area contributed by atoms with Gasteiger partial charge in [-0.25, -0.2) is 0 Å². The second-order valence-electron chi connectivity index (χ2n) is 7.32. The van der Waals surface area contributed by atoms with Gasteiger partial charge >= 0.3 is 0 Å². The van der Waals surface area contributed by atoms with Crippen molar-refractivity contribution in [3.63, 3.8) is 0 Å². The van der Waals surface area contributed by atoms with Crippen molar-refractivity contribution in [2.75, 3.05) is 19.8 Å². The van der Waals surface area contributed by atoms with Gasteiger partial charge in [-0.3, -0.25) is 29.4 Å². The molecule has 3 aliphatic heterocycles. The summed E-state index contributed by atoms with van der Waals surface area (Å²) in [4.78, 5) is 52.0. The molecule has 1 aromatic carbocycles. The van der Waals surface area contributed by atoms with Gasteiger partial charge in [-0.05, 0) is 32.3 Å². The summed E-state index contributed by atoms with van der Waals surface area (Å²) in [6.07, 6.45) is 1.91. The quantitative estimate of drug-likeness (QED) is 0.423. The summed E-state index contributed by atoms with van der Waals surface area (Å²) in [6, 6.07) is 2.52. The van der Waals surface area contributed by atoms with Gasteiger partial charge in [0.05, 0.1) is 29.7 Å². The number of hydrogen-bond donors (Lipinski definition) is 0. The average molecular weight is 403 g/mol. The second kappa shape index (κ2) is 7.53. The van der Waals surface area contributed by atoms with Gasteiger partial charge in [0.2, 0.25) is 5.91 Å². The van der Waals surface area contributed by atoms with Crippen molar-refractivity contribution in [2.45, 2.75) is 44.6 Å². The maximum atomic E-state index is 13.2. The number of hydrogen-bond acceptors (Lipinski definition) is 7. The molecule has 29 heavy (non-hydrogen) atoms. The highest BCUT2D eigenvalue weighted by Gasteiger charge is 2.47. The predicted octanol–water partition coefficient (Wildman–Crippen LogP) is 1.33. The second-order valence-corrected chi connectivity index (χ2v) is 7.32. The summed E-state index contributed by atoms with van der Waals surface area (Å²) >= 11 is 0. The van der Waals surface area contributed by atoms with Crippen LogP contribution in [0, 0.1) is 10.1 Å². The standard InChI is InChI=1S/C19H21N3O7/c1-11(16(23)20-8-3-2-6-14(20)19-28-9-10-29-19)21-17(24)12-5-4-7-13(22(26)27)15(12)18(21)25/h4-5,7,11,14,19H,2-3,6,8-10H2,1H3. The number of nitro benzene ring substituents is 1. The first-order valence-corrected chi connectivity index (χ1v) is 9.60. The fraction of sp³-hybridized carbons (Fsp3) is 0.526. The molecule has 3 heterocycles. The van der Waals surface area contributed by atoms with Gasteiger partial charge in [-0.2, -0.15) is 0 Å². The van der Waals surface area contributed by atoms with Crippen molar-refractivity contribution in [2.24, 2.45) is 0 Å². The molecule has 2 unspecified atom stereocenters. The smallest absolute Gasteiger partial charge is 0.282 e. The normalized spacial score (nSPS) is 23.4. The fourth-order valence-electron chi connectivity index (χ4n) is 4.25. The number of amides is 3. The minimum atomic E-state index is -1.09. The maximum absolute atomic E-state index is 13.2. The van der Waals surface area contributed by atoms with E-state index < -0.39 is 40.7 Å². The number of carbonyl (C=O) groups is 3. The topological polar surface area (TPSA) is 119 Å². The third-order valence-electron chi connectivity index (χ3n) is 5.66. The molecule has 0 aromatic heterocycles. The van der Waals surface area contributed by atoms with Crippen LogP contribution in [0.1, 0.15) is 46.9 Å². The van der Waals surface area contributed by atoms with E-state index in [1.54, 1.807) is 4.90 Å². The Kier molecular flexibility index (Phi) is 5.05. The van der Waals surface area contributed by atoms with Gasteiger partial charge < -0.3 is 14.4 Å². The molecular weight excluding hydrogens is 382 g/mol. The number of nitro groups is 1. The van der Waals surface area contributed by atoms with Crippen molar-refractivity contribution >= 4 is 23.4 Å². The number of rotatable bonds is 4. The van der Waals surface area contributed by atoms with Gasteiger partial charge in [0.15, 0.2) is 6.29 Å². The molecule has 10 heteroatoms. The van der Waals surface area contributed by atoms with E-state index in [0.29, 0.717) is 26.2 Å². The molecule has 10 nitrogen and oxygen atoms in total. The van der Waals surface area contributed by atoms with Crippen molar-refractivity contribution < 1.29 is 28.8 Å². The lowest BCUT2D eigenvalue weighted by Gasteiger charge is -2.40. The largest absolute Gasteiger partial charge is 0.348 e. The molecule has 0 bridgehead atoms. The van der Waals surface area contributed by atoms with Crippen molar-refractivity contribution in [1.82, 2.24) is 9.80 Å². The number of nitrogens with zero attached hydrogens (tertiary/aromatic N) is 3. The molecule has 2 atom stereocenters. The highest BCUT2D eigenvalue weighted by atomic mass is 16.7. The molecule has 1 aromatic rings. The third kappa shape index (κ3) is 3.18. The van der Waals surface area contributed by atoms with E-state index >= 15 is 0 Å². The minimum Gasteiger partial charge on any atom is -0.348 e. The predicted molar refractivity (Wildman–Crippen MR) is 98.1 cm³/mol. The Hall–Kier alpha value is -2.85. The van der Waals surface area contributed by atoms with Crippen LogP contribution in [0.15, 0.2) is 18.2 Å². The highest BCUT2D eigenvalue weighted by Crippen LogP contribution is 2.33. The summed E-state index contributed by atoms with van der Waals surface area (Å²) in [5, 5.41) is 11.3. The van der Waals surface area contributed by atoms with Gasteiger partial charge in [0.25, 0.3) is 17.5 Å². The lowest BCUT2D eigenvalue weighted by atomic mass is 10.0. The van der Waals surface area contributed by atoms with Crippen LogP contribution in [0.2, 0.25) is 0 Å². The van der Waals surface area contributed by atoms with E-state index in [1.807, 2.05) is 0 Å². The molecule has 4 rings (SSSR count). The van der Waals surface area contributed by atoms with E-state index in [2.05, 4.69) is 0 Å². The van der Waals surface area contributed by atoms with E-state index in [1.165, 1.54) is 25.1 Å². The van der Waals surface area contributed by atoms with Crippen molar-refractivity contribution in [3.05, 3.63) is 39.4 Å². The minimum absolute atomic E-state index is 0.0542. The lowest BCUT2D eigenvalue weighted by Crippen LogP contribution is -2.56. The molecule has 0 N–H and O–H groups in total. The summed E-state index contributed by atoms with van der Waals surface area (Å²) in [7, 11) is 0. The maximum Gasteiger partial charge on any atom is 0.282 e. The van der Waals surface area contributed by atoms with E-state index in [9.17, 15) is 24.5 Å². The Labute approximate surface area is 166 Å². The molecule has 0 saturated carbocycles. The van der Waals surface area contributed by atoms with Crippen LogP contribution in [0.3, 0.4) is 0 Å². The fourth-order valence-corrected chi connectivity index (χ4v) is 4.25. The molecule has 0 spiro atoms. The highest BCUT2D eigenvalue weighted by molar-refractivity contribution is 6.24. The summed E-state index contributed by atoms with van der Waals surface area (Å²) < 4.78 is 11.1. The molecule has 0 radical (unpaired) electrons. The third-order valence-corrected chi connectivity index (χ3v) is 5.66. The van der Waals surface area contributed by atoms with E-state index in [-0.39, 0.29) is 17.2 Å². The van der Waals surface area contributed by atoms with Crippen LogP contribution in [-0.4, -0.2) is 70.6 Å². The first-order chi connectivity index (χ1) is 13.9. The van der Waals surface area contributed by atoms with Crippen LogP contribution in [0.25, 0.3) is 0 Å². The van der Waals surface area contributed by atoms with Gasteiger partial charge in [0, 0.05) is 12.6 Å². The Bertz CT molecular complexity index is 881. The Morgan fingerprint density at radius 1 is 1.21 bits per heavy atom. The number of ether oxygens (including phenoxy) is 2. The zero-order valence-corrected chi connectivity index (χ0v) is 15.9. The Morgan fingerprint density at radius 2 is 1.93 bits per heavy atom. The van der Waals surface area contributed by atoms with E-state index in [4.69, 9.17) is 9.47 Å². The van der Waals surface area contributed by atoms with Crippen LogP contribution in [0.5, 0.6) is 0 Å². The zero-order chi connectivity index (χ0) is 20.7. The number of carbonyl (C=O) groups excluding carboxylic acids is 3. The Balaban J connectivity index is 1.60. The van der Waals surface area contributed by atoms with Crippen LogP contribution in [-0.2, 0) is 14.3 Å². The molecule has 0 aliphatic carbocycles. The summed E-state index contributed by atoms with van der Waals surface area (Å²) in [5.74, 6) is -1.91.